The molecule has 3 aliphatic carbocycles. The van der Waals surface area contributed by atoms with Crippen molar-refractivity contribution in [3.63, 3.8) is 0 Å². The molecular weight excluding hydrogens is 369 g/mol. The molecule has 0 N–H and O–H groups in total. The maximum absolute atomic E-state index is 13.7. The third-order valence-corrected chi connectivity index (χ3v) is 8.47. The summed E-state index contributed by atoms with van der Waals surface area (Å²) in [6.45, 7) is 3.86. The highest BCUT2D eigenvalue weighted by Crippen LogP contribution is 2.51. The zero-order chi connectivity index (χ0) is 20.4. The van der Waals surface area contributed by atoms with Crippen LogP contribution in [0.15, 0.2) is 24.8 Å². The molecule has 0 amide bonds. The van der Waals surface area contributed by atoms with Crippen molar-refractivity contribution >= 4 is 0 Å². The molecule has 0 nitrogen and oxygen atoms in total. The Balaban J connectivity index is 1.30. The van der Waals surface area contributed by atoms with Gasteiger partial charge in [0, 0.05) is 0 Å². The van der Waals surface area contributed by atoms with Gasteiger partial charge in [-0.25, -0.2) is 13.2 Å². The lowest BCUT2D eigenvalue weighted by atomic mass is 9.60. The number of allylic oxidation sites excluding steroid dienone is 1. The van der Waals surface area contributed by atoms with Crippen LogP contribution in [0, 0.1) is 47.0 Å². The van der Waals surface area contributed by atoms with Crippen molar-refractivity contribution in [2.75, 3.05) is 0 Å². The normalized spacial score (nSPS) is 35.1. The molecule has 0 heterocycles. The van der Waals surface area contributed by atoms with Crippen LogP contribution in [0.4, 0.5) is 13.2 Å². The Morgan fingerprint density at radius 1 is 0.759 bits per heavy atom. The highest BCUT2D eigenvalue weighted by atomic mass is 19.2. The second kappa shape index (κ2) is 9.27. The standard InChI is InChI=1S/C26H35F3/c1-2-3-4-17-5-7-18(8-6-17)19-9-10-21-14-22(12-11-20(21)13-19)23-15-24(27)26(29)25(28)16-23/h2,15-22H,1,3-14H2. The van der Waals surface area contributed by atoms with Gasteiger partial charge < -0.3 is 0 Å². The fourth-order valence-corrected chi connectivity index (χ4v) is 6.77. The zero-order valence-corrected chi connectivity index (χ0v) is 17.5. The van der Waals surface area contributed by atoms with Gasteiger partial charge in [0.1, 0.15) is 0 Å². The van der Waals surface area contributed by atoms with Gasteiger partial charge in [-0.2, -0.15) is 0 Å². The van der Waals surface area contributed by atoms with E-state index in [1.165, 1.54) is 63.5 Å². The van der Waals surface area contributed by atoms with Crippen LogP contribution in [0.1, 0.15) is 88.5 Å². The summed E-state index contributed by atoms with van der Waals surface area (Å²) < 4.78 is 40.6. The van der Waals surface area contributed by atoms with E-state index in [-0.39, 0.29) is 5.92 Å². The van der Waals surface area contributed by atoms with Crippen molar-refractivity contribution in [3.8, 4) is 0 Å². The van der Waals surface area contributed by atoms with Gasteiger partial charge in [0.25, 0.3) is 0 Å². The Morgan fingerprint density at radius 3 is 1.97 bits per heavy atom. The number of hydrogen-bond donors (Lipinski definition) is 0. The molecule has 4 atom stereocenters. The Kier molecular flexibility index (Phi) is 6.71. The molecule has 0 aliphatic heterocycles. The molecule has 1 aromatic rings. The van der Waals surface area contributed by atoms with E-state index in [0.29, 0.717) is 11.5 Å². The minimum Gasteiger partial charge on any atom is -0.204 e. The first kappa shape index (κ1) is 21.0. The smallest absolute Gasteiger partial charge is 0.194 e. The number of halogens is 3. The van der Waals surface area contributed by atoms with Crippen LogP contribution < -0.4 is 0 Å². The van der Waals surface area contributed by atoms with Crippen molar-refractivity contribution in [3.05, 3.63) is 47.8 Å². The van der Waals surface area contributed by atoms with Gasteiger partial charge in [-0.1, -0.05) is 18.9 Å². The summed E-state index contributed by atoms with van der Waals surface area (Å²) in [5, 5.41) is 0. The predicted molar refractivity (Wildman–Crippen MR) is 112 cm³/mol. The number of fused-ring (bicyclic) bond motifs is 1. The van der Waals surface area contributed by atoms with Gasteiger partial charge in [0.15, 0.2) is 17.5 Å². The average Bonchev–Trinajstić information content (AvgIpc) is 2.75. The van der Waals surface area contributed by atoms with Crippen molar-refractivity contribution < 1.29 is 13.2 Å². The lowest BCUT2D eigenvalue weighted by Gasteiger charge is -2.45. The van der Waals surface area contributed by atoms with E-state index in [2.05, 4.69) is 12.7 Å². The van der Waals surface area contributed by atoms with Crippen LogP contribution in [0.3, 0.4) is 0 Å². The number of benzene rings is 1. The maximum atomic E-state index is 13.7. The second-order valence-electron chi connectivity index (χ2n) is 10.0. The van der Waals surface area contributed by atoms with Gasteiger partial charge in [0.05, 0.1) is 0 Å². The molecule has 0 bridgehead atoms. The lowest BCUT2D eigenvalue weighted by molar-refractivity contribution is 0.0712. The summed E-state index contributed by atoms with van der Waals surface area (Å²) >= 11 is 0. The molecule has 4 unspecified atom stereocenters. The molecule has 3 heteroatoms. The highest BCUT2D eigenvalue weighted by Gasteiger charge is 2.39. The van der Waals surface area contributed by atoms with E-state index in [1.807, 2.05) is 0 Å². The van der Waals surface area contributed by atoms with Gasteiger partial charge in [-0.3, -0.25) is 0 Å². The second-order valence-corrected chi connectivity index (χ2v) is 10.0. The third kappa shape index (κ3) is 4.75. The lowest BCUT2D eigenvalue weighted by Crippen LogP contribution is -2.34. The molecular formula is C26H35F3. The SMILES string of the molecule is C=CCCC1CCC(C2CCC3CC(c4cc(F)c(F)c(F)c4)CCC3C2)CC1. The minimum atomic E-state index is -1.35. The van der Waals surface area contributed by atoms with E-state index in [9.17, 15) is 13.2 Å². The van der Waals surface area contributed by atoms with Crippen LogP contribution in [-0.4, -0.2) is 0 Å². The summed E-state index contributed by atoms with van der Waals surface area (Å²) in [4.78, 5) is 0. The first-order valence-electron chi connectivity index (χ1n) is 11.8. The quantitative estimate of drug-likeness (QED) is 0.343. The number of hydrogen-bond acceptors (Lipinski definition) is 0. The van der Waals surface area contributed by atoms with E-state index >= 15 is 0 Å². The highest BCUT2D eigenvalue weighted by molar-refractivity contribution is 5.24. The first-order valence-corrected chi connectivity index (χ1v) is 11.8. The predicted octanol–water partition coefficient (Wildman–Crippen LogP) is 8.18. The van der Waals surface area contributed by atoms with Crippen LogP contribution in [0.2, 0.25) is 0 Å². The van der Waals surface area contributed by atoms with Crippen LogP contribution in [-0.2, 0) is 0 Å². The molecule has 0 spiro atoms. The van der Waals surface area contributed by atoms with Gasteiger partial charge in [-0.15, -0.1) is 6.58 Å². The van der Waals surface area contributed by atoms with Crippen molar-refractivity contribution in [2.24, 2.45) is 29.6 Å². The largest absolute Gasteiger partial charge is 0.204 e. The molecule has 160 valence electrons. The topological polar surface area (TPSA) is 0 Å². The van der Waals surface area contributed by atoms with Gasteiger partial charge >= 0.3 is 0 Å². The van der Waals surface area contributed by atoms with Crippen molar-refractivity contribution in [1.82, 2.24) is 0 Å². The summed E-state index contributed by atoms with van der Waals surface area (Å²) in [6.07, 6.45) is 17.2. The maximum Gasteiger partial charge on any atom is 0.194 e. The zero-order valence-electron chi connectivity index (χ0n) is 17.5. The Labute approximate surface area is 174 Å². The van der Waals surface area contributed by atoms with Gasteiger partial charge in [0.2, 0.25) is 0 Å². The van der Waals surface area contributed by atoms with E-state index in [4.69, 9.17) is 0 Å². The monoisotopic (exact) mass is 404 g/mol. The van der Waals surface area contributed by atoms with Gasteiger partial charge in [-0.05, 0) is 117 Å². The van der Waals surface area contributed by atoms with Crippen molar-refractivity contribution in [1.29, 1.82) is 0 Å². The first-order chi connectivity index (χ1) is 14.0. The van der Waals surface area contributed by atoms with E-state index in [0.717, 1.165) is 49.4 Å². The van der Waals surface area contributed by atoms with E-state index < -0.39 is 17.5 Å². The molecule has 29 heavy (non-hydrogen) atoms. The third-order valence-electron chi connectivity index (χ3n) is 8.47. The fraction of sp³-hybridized carbons (Fsp3) is 0.692. The Morgan fingerprint density at radius 2 is 1.31 bits per heavy atom. The summed E-state index contributed by atoms with van der Waals surface area (Å²) in [7, 11) is 0. The Bertz CT molecular complexity index is 681. The molecule has 3 saturated carbocycles. The van der Waals surface area contributed by atoms with E-state index in [1.54, 1.807) is 0 Å². The van der Waals surface area contributed by atoms with Crippen molar-refractivity contribution in [2.45, 2.75) is 83.0 Å². The molecule has 3 fully saturated rings. The van der Waals surface area contributed by atoms with Crippen LogP contribution in [0.5, 0.6) is 0 Å². The molecule has 4 rings (SSSR count). The van der Waals surface area contributed by atoms with Crippen LogP contribution in [0.25, 0.3) is 0 Å². The molecule has 0 radical (unpaired) electrons. The summed E-state index contributed by atoms with van der Waals surface area (Å²) in [5.74, 6) is 0.892. The summed E-state index contributed by atoms with van der Waals surface area (Å²) in [6, 6.07) is 2.44. The Hall–Kier alpha value is -1.25. The molecule has 0 aromatic heterocycles. The summed E-state index contributed by atoms with van der Waals surface area (Å²) in [5.41, 5.74) is 0.653. The minimum absolute atomic E-state index is 0.178. The molecule has 3 aliphatic rings. The molecule has 1 aromatic carbocycles. The average molecular weight is 405 g/mol. The fourth-order valence-electron chi connectivity index (χ4n) is 6.77. The number of rotatable bonds is 5. The molecule has 0 saturated heterocycles. The van der Waals surface area contributed by atoms with Crippen LogP contribution >= 0.6 is 0 Å².